The van der Waals surface area contributed by atoms with Gasteiger partial charge in [-0.15, -0.1) is 35.3 Å². The van der Waals surface area contributed by atoms with E-state index in [1.165, 1.54) is 4.88 Å². The van der Waals surface area contributed by atoms with Crippen LogP contribution in [0.15, 0.2) is 35.5 Å². The molecule has 1 aromatic heterocycles. The Balaban J connectivity index is 0.00000392. The first-order valence-electron chi connectivity index (χ1n) is 8.44. The highest BCUT2D eigenvalue weighted by Gasteiger charge is 2.27. The molecule has 5 nitrogen and oxygen atoms in total. The van der Waals surface area contributed by atoms with Crippen molar-refractivity contribution in [2.24, 2.45) is 4.99 Å². The summed E-state index contributed by atoms with van der Waals surface area (Å²) in [5.41, 5.74) is 1.63. The minimum atomic E-state index is -4.31. The molecule has 0 spiro atoms. The van der Waals surface area contributed by atoms with Crippen molar-refractivity contribution in [3.8, 4) is 0 Å². The van der Waals surface area contributed by atoms with Gasteiger partial charge in [-0.1, -0.05) is 24.3 Å². The molecule has 2 aromatic rings. The fourth-order valence-corrected chi connectivity index (χ4v) is 3.11. The van der Waals surface area contributed by atoms with Crippen LogP contribution in [-0.2, 0) is 24.3 Å². The number of aryl methyl sites for hydroxylation is 1. The number of nitrogens with one attached hydrogen (secondary N) is 2. The zero-order valence-electron chi connectivity index (χ0n) is 15.7. The number of hydrogen-bond donors (Lipinski definition) is 2. The second-order valence-corrected chi connectivity index (χ2v) is 7.21. The van der Waals surface area contributed by atoms with E-state index in [0.29, 0.717) is 24.6 Å². The molecule has 1 heterocycles. The van der Waals surface area contributed by atoms with Crippen molar-refractivity contribution in [1.29, 1.82) is 0 Å². The lowest BCUT2D eigenvalue weighted by Crippen LogP contribution is -2.37. The molecule has 0 saturated carbocycles. The van der Waals surface area contributed by atoms with Crippen LogP contribution >= 0.6 is 35.3 Å². The summed E-state index contributed by atoms with van der Waals surface area (Å²) in [6.45, 7) is 1.91. The Morgan fingerprint density at radius 1 is 1.25 bits per heavy atom. The van der Waals surface area contributed by atoms with Gasteiger partial charge in [0.2, 0.25) is 0 Å². The van der Waals surface area contributed by atoms with Crippen molar-refractivity contribution in [3.63, 3.8) is 0 Å². The first-order chi connectivity index (χ1) is 12.9. The van der Waals surface area contributed by atoms with Gasteiger partial charge in [0.25, 0.3) is 0 Å². The van der Waals surface area contributed by atoms with Gasteiger partial charge in [-0.05, 0) is 18.1 Å². The monoisotopic (exact) mass is 528 g/mol. The number of rotatable bonds is 8. The van der Waals surface area contributed by atoms with E-state index in [-0.39, 0.29) is 30.6 Å². The molecule has 10 heteroatoms. The van der Waals surface area contributed by atoms with Crippen molar-refractivity contribution >= 4 is 41.3 Å². The smallest absolute Gasteiger partial charge is 0.367 e. The van der Waals surface area contributed by atoms with E-state index in [0.717, 1.165) is 17.0 Å². The minimum Gasteiger partial charge on any atom is -0.367 e. The van der Waals surface area contributed by atoms with Crippen LogP contribution in [0.3, 0.4) is 0 Å². The highest BCUT2D eigenvalue weighted by atomic mass is 127. The van der Waals surface area contributed by atoms with Gasteiger partial charge in [0.15, 0.2) is 5.96 Å². The standard InChI is InChI=1S/C18H23F3N4OS.HI/c1-13-9-24-16(27-13)6-7-23-17(22-2)25-10-14-4-3-5-15(8-14)11-26-12-18(19,20)21;/h3-5,8-9H,6-7,10-12H2,1-2H3,(H2,22,23,25);1H. The van der Waals surface area contributed by atoms with Gasteiger partial charge >= 0.3 is 6.18 Å². The number of benzene rings is 1. The van der Waals surface area contributed by atoms with Crippen LogP contribution in [0.4, 0.5) is 13.2 Å². The van der Waals surface area contributed by atoms with Crippen LogP contribution < -0.4 is 10.6 Å². The molecule has 0 atom stereocenters. The third kappa shape index (κ3) is 9.69. The topological polar surface area (TPSA) is 58.5 Å². The van der Waals surface area contributed by atoms with E-state index in [1.54, 1.807) is 30.5 Å². The predicted octanol–water partition coefficient (Wildman–Crippen LogP) is 4.06. The third-order valence-electron chi connectivity index (χ3n) is 3.51. The molecule has 0 fully saturated rings. The summed E-state index contributed by atoms with van der Waals surface area (Å²) in [6.07, 6.45) is -1.64. The van der Waals surface area contributed by atoms with Crippen molar-refractivity contribution in [2.75, 3.05) is 20.2 Å². The summed E-state index contributed by atoms with van der Waals surface area (Å²) in [7, 11) is 1.68. The van der Waals surface area contributed by atoms with Gasteiger partial charge in [-0.3, -0.25) is 4.99 Å². The van der Waals surface area contributed by atoms with Gasteiger partial charge in [-0.25, -0.2) is 4.98 Å². The molecule has 0 aliphatic heterocycles. The number of alkyl halides is 3. The SMILES string of the molecule is CN=C(NCCc1ncc(C)s1)NCc1cccc(COCC(F)(F)F)c1.I. The van der Waals surface area contributed by atoms with Crippen LogP contribution in [-0.4, -0.2) is 37.3 Å². The second kappa shape index (κ2) is 12.2. The number of halogens is 4. The zero-order valence-corrected chi connectivity index (χ0v) is 18.8. The number of thiazole rings is 1. The number of hydrogen-bond acceptors (Lipinski definition) is 4. The molecule has 1 aromatic carbocycles. The Morgan fingerprint density at radius 2 is 2.00 bits per heavy atom. The average Bonchev–Trinajstić information content (AvgIpc) is 3.02. The Bertz CT molecular complexity index is 752. The minimum absolute atomic E-state index is 0. The molecule has 156 valence electrons. The molecule has 0 aliphatic rings. The second-order valence-electron chi connectivity index (χ2n) is 5.90. The summed E-state index contributed by atoms with van der Waals surface area (Å²) in [4.78, 5) is 9.67. The fraction of sp³-hybridized carbons (Fsp3) is 0.444. The van der Waals surface area contributed by atoms with E-state index in [1.807, 2.05) is 25.3 Å². The Hall–Kier alpha value is -1.40. The molecular formula is C18H24F3IN4OS. The van der Waals surface area contributed by atoms with Gasteiger partial charge in [0.05, 0.1) is 11.6 Å². The summed E-state index contributed by atoms with van der Waals surface area (Å²) < 4.78 is 41.1. The molecule has 2 rings (SSSR count). The van der Waals surface area contributed by atoms with Crippen LogP contribution in [0.1, 0.15) is 21.0 Å². The summed E-state index contributed by atoms with van der Waals surface area (Å²) in [6, 6.07) is 7.24. The molecule has 0 unspecified atom stereocenters. The van der Waals surface area contributed by atoms with Gasteiger partial charge < -0.3 is 15.4 Å². The Labute approximate surface area is 183 Å². The number of aromatic nitrogens is 1. The fourth-order valence-electron chi connectivity index (χ4n) is 2.33. The first-order valence-corrected chi connectivity index (χ1v) is 9.25. The quantitative estimate of drug-likeness (QED) is 0.309. The van der Waals surface area contributed by atoms with Crippen molar-refractivity contribution < 1.29 is 17.9 Å². The molecular weight excluding hydrogens is 504 g/mol. The van der Waals surface area contributed by atoms with Crippen molar-refractivity contribution in [2.45, 2.75) is 32.7 Å². The maximum absolute atomic E-state index is 12.1. The largest absolute Gasteiger partial charge is 0.411 e. The lowest BCUT2D eigenvalue weighted by atomic mass is 10.1. The van der Waals surface area contributed by atoms with Gasteiger partial charge in [0, 0.05) is 37.6 Å². The molecule has 28 heavy (non-hydrogen) atoms. The normalized spacial score (nSPS) is 11.8. The summed E-state index contributed by atoms with van der Waals surface area (Å²) in [5, 5.41) is 7.48. The third-order valence-corrected chi connectivity index (χ3v) is 4.48. The lowest BCUT2D eigenvalue weighted by molar-refractivity contribution is -0.176. The summed E-state index contributed by atoms with van der Waals surface area (Å²) >= 11 is 1.67. The van der Waals surface area contributed by atoms with Gasteiger partial charge in [-0.2, -0.15) is 13.2 Å². The maximum atomic E-state index is 12.1. The lowest BCUT2D eigenvalue weighted by Gasteiger charge is -2.12. The summed E-state index contributed by atoms with van der Waals surface area (Å²) in [5.74, 6) is 0.655. The van der Waals surface area contributed by atoms with E-state index in [9.17, 15) is 13.2 Å². The molecule has 0 saturated heterocycles. The van der Waals surface area contributed by atoms with Crippen molar-refractivity contribution in [1.82, 2.24) is 15.6 Å². The number of ether oxygens (including phenoxy) is 1. The molecule has 0 bridgehead atoms. The van der Waals surface area contributed by atoms with E-state index in [2.05, 4.69) is 20.6 Å². The van der Waals surface area contributed by atoms with Crippen LogP contribution in [0.25, 0.3) is 0 Å². The van der Waals surface area contributed by atoms with E-state index < -0.39 is 12.8 Å². The van der Waals surface area contributed by atoms with Crippen LogP contribution in [0, 0.1) is 6.92 Å². The predicted molar refractivity (Wildman–Crippen MR) is 116 cm³/mol. The highest BCUT2D eigenvalue weighted by Crippen LogP contribution is 2.16. The molecule has 0 amide bonds. The van der Waals surface area contributed by atoms with Crippen LogP contribution in [0.2, 0.25) is 0 Å². The zero-order chi connectivity index (χ0) is 19.7. The Kier molecular flexibility index (Phi) is 10.8. The van der Waals surface area contributed by atoms with Crippen LogP contribution in [0.5, 0.6) is 0 Å². The molecule has 2 N–H and O–H groups in total. The first kappa shape index (κ1) is 24.6. The molecule has 0 radical (unpaired) electrons. The van der Waals surface area contributed by atoms with E-state index >= 15 is 0 Å². The van der Waals surface area contributed by atoms with Gasteiger partial charge in [0.1, 0.15) is 6.61 Å². The average molecular weight is 528 g/mol. The number of nitrogens with zero attached hydrogens (tertiary/aromatic N) is 2. The van der Waals surface area contributed by atoms with Crippen molar-refractivity contribution in [3.05, 3.63) is 51.5 Å². The highest BCUT2D eigenvalue weighted by molar-refractivity contribution is 14.0. The Morgan fingerprint density at radius 3 is 2.64 bits per heavy atom. The van der Waals surface area contributed by atoms with E-state index in [4.69, 9.17) is 4.74 Å². The number of aliphatic imine (C=N–C) groups is 1. The maximum Gasteiger partial charge on any atom is 0.411 e. The number of guanidine groups is 1. The molecule has 0 aliphatic carbocycles.